The van der Waals surface area contributed by atoms with Crippen molar-refractivity contribution < 1.29 is 9.18 Å². The van der Waals surface area contributed by atoms with Crippen molar-refractivity contribution in [2.45, 2.75) is 39.5 Å². The van der Waals surface area contributed by atoms with Gasteiger partial charge in [0.15, 0.2) is 5.69 Å². The number of rotatable bonds is 2. The fourth-order valence-corrected chi connectivity index (χ4v) is 3.00. The molecule has 122 valence electrons. The second-order valence-electron chi connectivity index (χ2n) is 6.03. The van der Waals surface area contributed by atoms with Crippen molar-refractivity contribution >= 4 is 5.91 Å². The number of halogens is 1. The predicted molar refractivity (Wildman–Crippen MR) is 85.2 cm³/mol. The van der Waals surface area contributed by atoms with Gasteiger partial charge >= 0.3 is 0 Å². The van der Waals surface area contributed by atoms with Gasteiger partial charge in [-0.25, -0.2) is 9.07 Å². The summed E-state index contributed by atoms with van der Waals surface area (Å²) in [6.45, 7) is 5.03. The first-order chi connectivity index (χ1) is 11.1. The summed E-state index contributed by atoms with van der Waals surface area (Å²) in [5.41, 5.74) is 2.11. The Morgan fingerprint density at radius 3 is 2.52 bits per heavy atom. The first kappa shape index (κ1) is 15.6. The molecule has 3 rings (SSSR count). The molecule has 1 aromatic heterocycles. The van der Waals surface area contributed by atoms with Gasteiger partial charge in [-0.15, -0.1) is 5.10 Å². The predicted octanol–water partition coefficient (Wildman–Crippen LogP) is 3.04. The Kier molecular flexibility index (Phi) is 4.41. The van der Waals surface area contributed by atoms with Gasteiger partial charge in [-0.1, -0.05) is 24.1 Å². The topological polar surface area (TPSA) is 51.0 Å². The largest absolute Gasteiger partial charge is 0.337 e. The van der Waals surface area contributed by atoms with Gasteiger partial charge in [0, 0.05) is 18.7 Å². The van der Waals surface area contributed by atoms with Crippen molar-refractivity contribution in [3.8, 4) is 5.69 Å². The molecule has 0 N–H and O–H groups in total. The molecule has 0 saturated carbocycles. The molecule has 6 heteroatoms. The Bertz CT molecular complexity index is 717. The quantitative estimate of drug-likeness (QED) is 0.855. The lowest BCUT2D eigenvalue weighted by molar-refractivity contribution is 0.0755. The standard InChI is InChI=1S/C17H21FN4O/c1-12-14(18)8-7-9-15(12)22-13(2)16(19-20-22)17(23)21-10-5-3-4-6-11-21/h7-9H,3-6,10-11H2,1-2H3. The molecule has 2 heterocycles. The highest BCUT2D eigenvalue weighted by molar-refractivity contribution is 5.93. The molecule has 0 unspecified atom stereocenters. The van der Waals surface area contributed by atoms with E-state index < -0.39 is 0 Å². The highest BCUT2D eigenvalue weighted by Crippen LogP contribution is 2.20. The summed E-state index contributed by atoms with van der Waals surface area (Å²) in [5, 5.41) is 8.15. The van der Waals surface area contributed by atoms with Crippen LogP contribution in [0.15, 0.2) is 18.2 Å². The maximum Gasteiger partial charge on any atom is 0.276 e. The average Bonchev–Trinajstić information content (AvgIpc) is 2.76. The lowest BCUT2D eigenvalue weighted by Crippen LogP contribution is -2.32. The third-order valence-corrected chi connectivity index (χ3v) is 4.46. The third kappa shape index (κ3) is 2.98. The minimum absolute atomic E-state index is 0.0790. The summed E-state index contributed by atoms with van der Waals surface area (Å²) in [5.74, 6) is -0.373. The summed E-state index contributed by atoms with van der Waals surface area (Å²) in [6, 6.07) is 4.82. The maximum atomic E-state index is 13.8. The first-order valence-corrected chi connectivity index (χ1v) is 8.06. The maximum absolute atomic E-state index is 13.8. The van der Waals surface area contributed by atoms with E-state index >= 15 is 0 Å². The van der Waals surface area contributed by atoms with E-state index in [2.05, 4.69) is 10.3 Å². The summed E-state index contributed by atoms with van der Waals surface area (Å²) >= 11 is 0. The SMILES string of the molecule is Cc1c(F)cccc1-n1nnc(C(=O)N2CCCCCC2)c1C. The zero-order valence-electron chi connectivity index (χ0n) is 13.5. The molecule has 5 nitrogen and oxygen atoms in total. The van der Waals surface area contributed by atoms with E-state index in [1.54, 1.807) is 30.7 Å². The van der Waals surface area contributed by atoms with E-state index in [1.165, 1.54) is 6.07 Å². The molecule has 1 aromatic carbocycles. The monoisotopic (exact) mass is 316 g/mol. The number of nitrogens with zero attached hydrogens (tertiary/aromatic N) is 4. The van der Waals surface area contributed by atoms with Crippen LogP contribution in [0.2, 0.25) is 0 Å². The Balaban J connectivity index is 1.92. The summed E-state index contributed by atoms with van der Waals surface area (Å²) in [6.07, 6.45) is 4.39. The summed E-state index contributed by atoms with van der Waals surface area (Å²) < 4.78 is 15.3. The fourth-order valence-electron chi connectivity index (χ4n) is 3.00. The normalized spacial score (nSPS) is 15.5. The molecule has 0 bridgehead atoms. The molecule has 2 aromatic rings. The number of hydrogen-bond acceptors (Lipinski definition) is 3. The number of hydrogen-bond donors (Lipinski definition) is 0. The third-order valence-electron chi connectivity index (χ3n) is 4.46. The van der Waals surface area contributed by atoms with E-state index in [9.17, 15) is 9.18 Å². The highest BCUT2D eigenvalue weighted by atomic mass is 19.1. The van der Waals surface area contributed by atoms with Gasteiger partial charge in [0.05, 0.1) is 11.4 Å². The minimum atomic E-state index is -0.294. The Morgan fingerprint density at radius 2 is 1.83 bits per heavy atom. The van der Waals surface area contributed by atoms with Crippen molar-refractivity contribution in [1.82, 2.24) is 19.9 Å². The molecule has 0 radical (unpaired) electrons. The zero-order chi connectivity index (χ0) is 16.4. The van der Waals surface area contributed by atoms with Crippen LogP contribution in [0.1, 0.15) is 47.4 Å². The molecule has 1 aliphatic heterocycles. The number of likely N-dealkylation sites (tertiary alicyclic amines) is 1. The van der Waals surface area contributed by atoms with E-state index in [4.69, 9.17) is 0 Å². The van der Waals surface area contributed by atoms with Gasteiger partial charge in [-0.05, 0) is 38.8 Å². The van der Waals surface area contributed by atoms with Crippen LogP contribution in [0.5, 0.6) is 0 Å². The van der Waals surface area contributed by atoms with Crippen LogP contribution < -0.4 is 0 Å². The van der Waals surface area contributed by atoms with Gasteiger partial charge in [0.1, 0.15) is 5.82 Å². The van der Waals surface area contributed by atoms with Crippen molar-refractivity contribution in [2.24, 2.45) is 0 Å². The van der Waals surface area contributed by atoms with Crippen LogP contribution in [-0.4, -0.2) is 38.9 Å². The molecule has 23 heavy (non-hydrogen) atoms. The van der Waals surface area contributed by atoms with Gasteiger partial charge in [0.25, 0.3) is 5.91 Å². The molecule has 0 atom stereocenters. The number of amides is 1. The fraction of sp³-hybridized carbons (Fsp3) is 0.471. The van der Waals surface area contributed by atoms with Crippen LogP contribution in [0.3, 0.4) is 0 Å². The molecule has 1 amide bonds. The van der Waals surface area contributed by atoms with Crippen LogP contribution in [-0.2, 0) is 0 Å². The van der Waals surface area contributed by atoms with Crippen molar-refractivity contribution in [1.29, 1.82) is 0 Å². The van der Waals surface area contributed by atoms with Gasteiger partial charge in [0.2, 0.25) is 0 Å². The van der Waals surface area contributed by atoms with Crippen molar-refractivity contribution in [2.75, 3.05) is 13.1 Å². The lowest BCUT2D eigenvalue weighted by Gasteiger charge is -2.19. The molecular formula is C17H21FN4O. The minimum Gasteiger partial charge on any atom is -0.337 e. The molecule has 0 spiro atoms. The molecule has 0 aliphatic carbocycles. The summed E-state index contributed by atoms with van der Waals surface area (Å²) in [4.78, 5) is 14.6. The Labute approximate surface area is 135 Å². The van der Waals surface area contributed by atoms with E-state index in [-0.39, 0.29) is 11.7 Å². The lowest BCUT2D eigenvalue weighted by atomic mass is 10.2. The molecular weight excluding hydrogens is 295 g/mol. The number of carbonyl (C=O) groups excluding carboxylic acids is 1. The van der Waals surface area contributed by atoms with Gasteiger partial charge in [-0.2, -0.15) is 0 Å². The van der Waals surface area contributed by atoms with Crippen LogP contribution >= 0.6 is 0 Å². The smallest absolute Gasteiger partial charge is 0.276 e. The average molecular weight is 316 g/mol. The van der Waals surface area contributed by atoms with Crippen LogP contribution in [0, 0.1) is 19.7 Å². The molecule has 1 saturated heterocycles. The van der Waals surface area contributed by atoms with Crippen LogP contribution in [0.25, 0.3) is 5.69 Å². The van der Waals surface area contributed by atoms with Crippen molar-refractivity contribution in [3.05, 3.63) is 41.0 Å². The van der Waals surface area contributed by atoms with Gasteiger partial charge in [-0.3, -0.25) is 4.79 Å². The number of benzene rings is 1. The van der Waals surface area contributed by atoms with Crippen molar-refractivity contribution in [3.63, 3.8) is 0 Å². The zero-order valence-corrected chi connectivity index (χ0v) is 13.5. The first-order valence-electron chi connectivity index (χ1n) is 8.06. The Morgan fingerprint density at radius 1 is 1.13 bits per heavy atom. The number of aromatic nitrogens is 3. The second-order valence-corrected chi connectivity index (χ2v) is 6.03. The summed E-state index contributed by atoms with van der Waals surface area (Å²) in [7, 11) is 0. The molecule has 1 aliphatic rings. The second kappa shape index (κ2) is 6.48. The highest BCUT2D eigenvalue weighted by Gasteiger charge is 2.24. The Hall–Kier alpha value is -2.24. The van der Waals surface area contributed by atoms with E-state index in [0.29, 0.717) is 22.6 Å². The van der Waals surface area contributed by atoms with E-state index in [0.717, 1.165) is 38.8 Å². The molecule has 1 fully saturated rings. The van der Waals surface area contributed by atoms with Crippen LogP contribution in [0.4, 0.5) is 4.39 Å². The van der Waals surface area contributed by atoms with Gasteiger partial charge < -0.3 is 4.90 Å². The van der Waals surface area contributed by atoms with E-state index in [1.807, 2.05) is 4.90 Å². The number of carbonyl (C=O) groups is 1.